The molecule has 1 aromatic heterocycles. The minimum absolute atomic E-state index is 0.0248. The number of carbonyl (C=O) groups is 1. The summed E-state index contributed by atoms with van der Waals surface area (Å²) in [7, 11) is -5.21. The molecule has 0 bridgehead atoms. The molecule has 0 unspecified atom stereocenters. The fourth-order valence-electron chi connectivity index (χ4n) is 4.39. The number of aromatic nitrogens is 2. The number of rotatable bonds is 9. The molecule has 41 heavy (non-hydrogen) atoms. The van der Waals surface area contributed by atoms with Gasteiger partial charge in [0.05, 0.1) is 41.7 Å². The van der Waals surface area contributed by atoms with Crippen LogP contribution in [0.5, 0.6) is 5.75 Å². The van der Waals surface area contributed by atoms with E-state index in [9.17, 15) is 31.1 Å². The molecule has 0 fully saturated rings. The standard InChI is InChI=1S/C26H32FN5O7S2/c1-17-12-32(18(2)15-33)26(34)21-6-5-7-22(29-40(35,36)20-10-8-19(27)9-11-20)25(21)39-23(17)13-31(4)41(37,38)24-14-30(3)16-28-24/h5-11,14,16-18,23,29,33H,12-13,15H2,1-4H3/t17-,18-,23-/m0/s1. The van der Waals surface area contributed by atoms with Crippen LogP contribution in [0.1, 0.15) is 24.2 Å². The van der Waals surface area contributed by atoms with Crippen LogP contribution in [0.2, 0.25) is 0 Å². The number of nitrogens with one attached hydrogen (secondary N) is 1. The van der Waals surface area contributed by atoms with Gasteiger partial charge in [-0.2, -0.15) is 4.31 Å². The monoisotopic (exact) mass is 609 g/mol. The average molecular weight is 610 g/mol. The first kappa shape index (κ1) is 30.4. The van der Waals surface area contributed by atoms with E-state index in [1.165, 1.54) is 47.2 Å². The minimum atomic E-state index is -4.23. The number of sulfonamides is 2. The van der Waals surface area contributed by atoms with Crippen molar-refractivity contribution < 1.29 is 35.9 Å². The van der Waals surface area contributed by atoms with E-state index in [4.69, 9.17) is 4.74 Å². The Morgan fingerprint density at radius 2 is 1.88 bits per heavy atom. The molecular formula is C26H32FN5O7S2. The normalized spacial score (nSPS) is 18.8. The Hall–Kier alpha value is -3.53. The quantitative estimate of drug-likeness (QED) is 0.373. The third kappa shape index (κ3) is 6.37. The van der Waals surface area contributed by atoms with Gasteiger partial charge in [0.25, 0.3) is 26.0 Å². The van der Waals surface area contributed by atoms with E-state index in [0.29, 0.717) is 0 Å². The zero-order chi connectivity index (χ0) is 30.1. The zero-order valence-electron chi connectivity index (χ0n) is 22.9. The Kier molecular flexibility index (Phi) is 8.73. The summed E-state index contributed by atoms with van der Waals surface area (Å²) in [6.07, 6.45) is 1.88. The highest BCUT2D eigenvalue weighted by molar-refractivity contribution is 7.92. The van der Waals surface area contributed by atoms with Gasteiger partial charge in [0, 0.05) is 32.8 Å². The van der Waals surface area contributed by atoms with E-state index in [1.807, 2.05) is 0 Å². The van der Waals surface area contributed by atoms with Crippen LogP contribution < -0.4 is 9.46 Å². The molecule has 4 rings (SSSR count). The second-order valence-corrected chi connectivity index (χ2v) is 13.7. The number of halogens is 1. The lowest BCUT2D eigenvalue weighted by molar-refractivity contribution is 0.0389. The first-order valence-electron chi connectivity index (χ1n) is 12.7. The summed E-state index contributed by atoms with van der Waals surface area (Å²) in [5.41, 5.74) is -0.0390. The predicted molar refractivity (Wildman–Crippen MR) is 148 cm³/mol. The van der Waals surface area contributed by atoms with Crippen LogP contribution in [0, 0.1) is 11.7 Å². The number of likely N-dealkylation sites (N-methyl/N-ethyl adjacent to an activating group) is 1. The van der Waals surface area contributed by atoms with Gasteiger partial charge in [-0.25, -0.2) is 26.2 Å². The topological polar surface area (TPSA) is 151 Å². The number of aliphatic hydroxyl groups excluding tert-OH is 1. The summed E-state index contributed by atoms with van der Waals surface area (Å²) in [5.74, 6) is -1.66. The van der Waals surface area contributed by atoms with Crippen molar-refractivity contribution in [3.05, 3.63) is 66.4 Å². The van der Waals surface area contributed by atoms with Crippen molar-refractivity contribution in [3.8, 4) is 5.75 Å². The molecule has 0 saturated carbocycles. The van der Waals surface area contributed by atoms with E-state index in [0.717, 1.165) is 28.6 Å². The first-order chi connectivity index (χ1) is 19.2. The largest absolute Gasteiger partial charge is 0.486 e. The van der Waals surface area contributed by atoms with E-state index in [2.05, 4.69) is 9.71 Å². The van der Waals surface area contributed by atoms with Crippen molar-refractivity contribution in [1.82, 2.24) is 18.8 Å². The molecule has 15 heteroatoms. The first-order valence-corrected chi connectivity index (χ1v) is 15.6. The van der Waals surface area contributed by atoms with Crippen LogP contribution in [0.4, 0.5) is 10.1 Å². The molecule has 222 valence electrons. The number of hydrogen-bond acceptors (Lipinski definition) is 8. The lowest BCUT2D eigenvalue weighted by atomic mass is 9.99. The number of imidazole rings is 1. The Bertz CT molecular complexity index is 1630. The lowest BCUT2D eigenvalue weighted by Crippen LogP contribution is -2.50. The summed E-state index contributed by atoms with van der Waals surface area (Å²) in [4.78, 5) is 18.8. The van der Waals surface area contributed by atoms with Gasteiger partial charge in [0.15, 0.2) is 10.8 Å². The molecule has 3 aromatic rings. The molecule has 12 nitrogen and oxygen atoms in total. The Labute approximate surface area is 238 Å². The number of fused-ring (bicyclic) bond motifs is 1. The molecule has 0 spiro atoms. The third-order valence-corrected chi connectivity index (χ3v) is 9.94. The summed E-state index contributed by atoms with van der Waals surface area (Å²) in [6, 6.07) is 7.97. The number of ether oxygens (including phenoxy) is 1. The van der Waals surface area contributed by atoms with E-state index >= 15 is 0 Å². The molecule has 1 amide bonds. The molecule has 2 aromatic carbocycles. The third-order valence-electron chi connectivity index (χ3n) is 6.85. The molecule has 1 aliphatic rings. The Morgan fingerprint density at radius 3 is 2.49 bits per heavy atom. The van der Waals surface area contributed by atoms with Crippen molar-refractivity contribution in [2.45, 2.75) is 35.9 Å². The van der Waals surface area contributed by atoms with E-state index in [-0.39, 0.29) is 46.6 Å². The summed E-state index contributed by atoms with van der Waals surface area (Å²) >= 11 is 0. The number of anilines is 1. The second-order valence-electron chi connectivity index (χ2n) is 10.0. The van der Waals surface area contributed by atoms with Gasteiger partial charge in [0.1, 0.15) is 11.9 Å². The van der Waals surface area contributed by atoms with Crippen LogP contribution in [0.15, 0.2) is 64.9 Å². The summed E-state index contributed by atoms with van der Waals surface area (Å²) in [6.45, 7) is 3.08. The fraction of sp³-hybridized carbons (Fsp3) is 0.385. The number of para-hydroxylation sites is 1. The van der Waals surface area contributed by atoms with Gasteiger partial charge in [-0.1, -0.05) is 13.0 Å². The maximum absolute atomic E-state index is 13.6. The molecule has 2 N–H and O–H groups in total. The van der Waals surface area contributed by atoms with Crippen LogP contribution in [-0.4, -0.2) is 85.5 Å². The molecular weight excluding hydrogens is 577 g/mol. The minimum Gasteiger partial charge on any atom is -0.486 e. The maximum Gasteiger partial charge on any atom is 0.262 e. The number of benzene rings is 2. The highest BCUT2D eigenvalue weighted by Crippen LogP contribution is 2.36. The number of hydrogen-bond donors (Lipinski definition) is 2. The van der Waals surface area contributed by atoms with Gasteiger partial charge in [-0.05, 0) is 43.3 Å². The van der Waals surface area contributed by atoms with Crippen molar-refractivity contribution in [2.24, 2.45) is 13.0 Å². The Balaban J connectivity index is 1.76. The van der Waals surface area contributed by atoms with Crippen LogP contribution in [0.3, 0.4) is 0 Å². The molecule has 0 aliphatic carbocycles. The van der Waals surface area contributed by atoms with E-state index in [1.54, 1.807) is 20.9 Å². The molecule has 2 heterocycles. The SMILES string of the molecule is C[C@H]1CN([C@@H](C)CO)C(=O)c2cccc(NS(=O)(=O)c3ccc(F)cc3)c2O[C@H]1CN(C)S(=O)(=O)c1cn(C)cn1. The van der Waals surface area contributed by atoms with Gasteiger partial charge in [-0.15, -0.1) is 0 Å². The smallest absolute Gasteiger partial charge is 0.262 e. The molecule has 0 radical (unpaired) electrons. The van der Waals surface area contributed by atoms with Gasteiger partial charge >= 0.3 is 0 Å². The molecule has 3 atom stereocenters. The van der Waals surface area contributed by atoms with Crippen LogP contribution in [0.25, 0.3) is 0 Å². The van der Waals surface area contributed by atoms with Gasteiger partial charge in [-0.3, -0.25) is 9.52 Å². The Morgan fingerprint density at radius 1 is 1.20 bits per heavy atom. The number of nitrogens with zero attached hydrogens (tertiary/aromatic N) is 4. The maximum atomic E-state index is 13.6. The van der Waals surface area contributed by atoms with Crippen LogP contribution >= 0.6 is 0 Å². The highest BCUT2D eigenvalue weighted by atomic mass is 32.2. The molecule has 1 aliphatic heterocycles. The summed E-state index contributed by atoms with van der Waals surface area (Å²) in [5, 5.41) is 9.71. The van der Waals surface area contributed by atoms with Gasteiger partial charge < -0.3 is 19.3 Å². The predicted octanol–water partition coefficient (Wildman–Crippen LogP) is 1.90. The van der Waals surface area contributed by atoms with Crippen molar-refractivity contribution in [3.63, 3.8) is 0 Å². The second kappa shape index (κ2) is 11.8. The van der Waals surface area contributed by atoms with Crippen molar-refractivity contribution >= 4 is 31.6 Å². The van der Waals surface area contributed by atoms with Crippen molar-refractivity contribution in [1.29, 1.82) is 0 Å². The highest BCUT2D eigenvalue weighted by Gasteiger charge is 2.37. The lowest BCUT2D eigenvalue weighted by Gasteiger charge is -2.38. The van der Waals surface area contributed by atoms with E-state index < -0.39 is 49.8 Å². The number of amides is 1. The number of aliphatic hydroxyl groups is 1. The van der Waals surface area contributed by atoms with Gasteiger partial charge in [0.2, 0.25) is 0 Å². The van der Waals surface area contributed by atoms with Crippen molar-refractivity contribution in [2.75, 3.05) is 31.5 Å². The fourth-order valence-corrected chi connectivity index (χ4v) is 6.60. The zero-order valence-corrected chi connectivity index (χ0v) is 24.6. The van der Waals surface area contributed by atoms with Crippen LogP contribution in [-0.2, 0) is 27.1 Å². The number of aryl methyl sites for hydroxylation is 1. The number of carbonyl (C=O) groups excluding carboxylic acids is 1. The molecule has 0 saturated heterocycles. The average Bonchev–Trinajstić information content (AvgIpc) is 3.37. The summed E-state index contributed by atoms with van der Waals surface area (Å²) < 4.78 is 77.4.